The van der Waals surface area contributed by atoms with E-state index in [1.165, 1.54) is 22.8 Å². The third-order valence-corrected chi connectivity index (χ3v) is 4.78. The van der Waals surface area contributed by atoms with Gasteiger partial charge in [-0.25, -0.2) is 4.98 Å². The number of alkyl halides is 3. The van der Waals surface area contributed by atoms with Crippen LogP contribution in [0.4, 0.5) is 13.2 Å². The third kappa shape index (κ3) is 4.00. The van der Waals surface area contributed by atoms with Crippen LogP contribution in [0.1, 0.15) is 17.0 Å². The summed E-state index contributed by atoms with van der Waals surface area (Å²) < 4.78 is 40.4. The fourth-order valence-electron chi connectivity index (χ4n) is 3.09. The fourth-order valence-corrected chi connectivity index (χ4v) is 3.22. The van der Waals surface area contributed by atoms with Gasteiger partial charge in [0, 0.05) is 5.02 Å². The number of para-hydroxylation sites is 1. The minimum absolute atomic E-state index is 0.286. The number of hydrogen-bond acceptors (Lipinski definition) is 2. The Morgan fingerprint density at radius 2 is 1.63 bits per heavy atom. The van der Waals surface area contributed by atoms with E-state index >= 15 is 0 Å². The van der Waals surface area contributed by atoms with E-state index in [0.29, 0.717) is 33.0 Å². The summed E-state index contributed by atoms with van der Waals surface area (Å²) in [6, 6.07) is 18.5. The summed E-state index contributed by atoms with van der Waals surface area (Å²) in [6.07, 6.45) is -1.41. The summed E-state index contributed by atoms with van der Waals surface area (Å²) in [4.78, 5) is 17.7. The van der Waals surface area contributed by atoms with Crippen molar-refractivity contribution in [1.82, 2.24) is 9.55 Å². The molecule has 0 bridgehead atoms. The first-order valence-corrected chi connectivity index (χ1v) is 9.34. The second-order valence-electron chi connectivity index (χ2n) is 6.56. The highest BCUT2D eigenvalue weighted by Crippen LogP contribution is 2.30. The minimum atomic E-state index is -4.43. The quantitative estimate of drug-likeness (QED) is 0.389. The van der Waals surface area contributed by atoms with Gasteiger partial charge < -0.3 is 0 Å². The highest BCUT2D eigenvalue weighted by Gasteiger charge is 2.30. The van der Waals surface area contributed by atoms with E-state index in [-0.39, 0.29) is 5.56 Å². The summed E-state index contributed by atoms with van der Waals surface area (Å²) in [5.41, 5.74) is 0.357. The van der Waals surface area contributed by atoms with Gasteiger partial charge in [-0.05, 0) is 60.2 Å². The van der Waals surface area contributed by atoms with Crippen molar-refractivity contribution >= 4 is 34.7 Å². The second-order valence-corrected chi connectivity index (χ2v) is 7.00. The van der Waals surface area contributed by atoms with Gasteiger partial charge in [0.05, 0.1) is 22.2 Å². The van der Waals surface area contributed by atoms with Crippen LogP contribution >= 0.6 is 11.6 Å². The number of fused-ring (bicyclic) bond motifs is 1. The molecular weight excluding hydrogens is 413 g/mol. The molecule has 0 aliphatic rings. The molecule has 3 nitrogen and oxygen atoms in total. The van der Waals surface area contributed by atoms with Crippen molar-refractivity contribution in [1.29, 1.82) is 0 Å². The molecule has 0 saturated heterocycles. The summed E-state index contributed by atoms with van der Waals surface area (Å²) >= 11 is 5.96. The van der Waals surface area contributed by atoms with Gasteiger partial charge in [-0.2, -0.15) is 13.2 Å². The van der Waals surface area contributed by atoms with Gasteiger partial charge in [-0.15, -0.1) is 0 Å². The lowest BCUT2D eigenvalue weighted by Crippen LogP contribution is -2.22. The molecule has 0 atom stereocenters. The van der Waals surface area contributed by atoms with Gasteiger partial charge in [-0.1, -0.05) is 41.9 Å². The van der Waals surface area contributed by atoms with Crippen LogP contribution in [0.25, 0.3) is 28.7 Å². The Kier molecular flexibility index (Phi) is 5.18. The predicted molar refractivity (Wildman–Crippen MR) is 113 cm³/mol. The van der Waals surface area contributed by atoms with E-state index in [1.807, 2.05) is 0 Å². The molecule has 0 fully saturated rings. The van der Waals surface area contributed by atoms with Crippen molar-refractivity contribution in [3.8, 4) is 5.69 Å². The van der Waals surface area contributed by atoms with Crippen LogP contribution in [0.3, 0.4) is 0 Å². The normalized spacial score (nSPS) is 12.0. The Hall–Kier alpha value is -3.38. The lowest BCUT2D eigenvalue weighted by Gasteiger charge is -2.11. The first-order valence-electron chi connectivity index (χ1n) is 8.96. The Morgan fingerprint density at radius 3 is 2.37 bits per heavy atom. The molecule has 0 N–H and O–H groups in total. The zero-order chi connectivity index (χ0) is 21.3. The van der Waals surface area contributed by atoms with Gasteiger partial charge in [0.1, 0.15) is 5.82 Å². The van der Waals surface area contributed by atoms with Crippen LogP contribution in [0.2, 0.25) is 5.02 Å². The van der Waals surface area contributed by atoms with Gasteiger partial charge in [-0.3, -0.25) is 9.36 Å². The smallest absolute Gasteiger partial charge is 0.268 e. The number of aromatic nitrogens is 2. The van der Waals surface area contributed by atoms with Crippen LogP contribution in [-0.2, 0) is 6.18 Å². The zero-order valence-corrected chi connectivity index (χ0v) is 16.2. The largest absolute Gasteiger partial charge is 0.416 e. The van der Waals surface area contributed by atoms with E-state index in [4.69, 9.17) is 11.6 Å². The average Bonchev–Trinajstić information content (AvgIpc) is 2.73. The SMILES string of the molecule is O=c1c2ccccc2nc(C=Cc2cccc(C(F)(F)F)c2)n1-c1ccc(Cl)cc1. The zero-order valence-electron chi connectivity index (χ0n) is 15.4. The van der Waals surface area contributed by atoms with E-state index in [0.717, 1.165) is 12.1 Å². The Morgan fingerprint density at radius 1 is 0.900 bits per heavy atom. The van der Waals surface area contributed by atoms with Gasteiger partial charge in [0.2, 0.25) is 0 Å². The molecule has 0 saturated carbocycles. The van der Waals surface area contributed by atoms with Crippen LogP contribution in [0.5, 0.6) is 0 Å². The molecule has 0 radical (unpaired) electrons. The number of nitrogens with zero attached hydrogens (tertiary/aromatic N) is 2. The summed E-state index contributed by atoms with van der Waals surface area (Å²) in [7, 11) is 0. The van der Waals surface area contributed by atoms with Gasteiger partial charge in [0.25, 0.3) is 5.56 Å². The van der Waals surface area contributed by atoms with Crippen LogP contribution in [0.15, 0.2) is 77.6 Å². The van der Waals surface area contributed by atoms with Crippen LogP contribution in [-0.4, -0.2) is 9.55 Å². The number of halogens is 4. The molecule has 0 amide bonds. The number of benzene rings is 3. The molecule has 4 rings (SSSR count). The molecule has 3 aromatic carbocycles. The monoisotopic (exact) mass is 426 g/mol. The topological polar surface area (TPSA) is 34.9 Å². The van der Waals surface area contributed by atoms with Crippen LogP contribution < -0.4 is 5.56 Å². The first-order chi connectivity index (χ1) is 14.3. The van der Waals surface area contributed by atoms with Crippen molar-refractivity contribution in [2.24, 2.45) is 0 Å². The van der Waals surface area contributed by atoms with E-state index in [2.05, 4.69) is 4.98 Å². The maximum absolute atomic E-state index is 13.1. The molecule has 150 valence electrons. The van der Waals surface area contributed by atoms with E-state index in [1.54, 1.807) is 54.6 Å². The minimum Gasteiger partial charge on any atom is -0.268 e. The van der Waals surface area contributed by atoms with Crippen molar-refractivity contribution < 1.29 is 13.2 Å². The molecule has 1 aromatic heterocycles. The fraction of sp³-hybridized carbons (Fsp3) is 0.0435. The standard InChI is InChI=1S/C23H14ClF3N2O/c24-17-9-11-18(12-10-17)29-21(28-20-7-2-1-6-19(20)22(29)30)13-8-15-4-3-5-16(14-15)23(25,26)27/h1-14H. The molecule has 0 unspecified atom stereocenters. The molecular formula is C23H14ClF3N2O. The Bertz CT molecular complexity index is 1310. The van der Waals surface area contributed by atoms with Crippen molar-refractivity contribution in [3.05, 3.63) is 105 Å². The molecule has 30 heavy (non-hydrogen) atoms. The van der Waals surface area contributed by atoms with Gasteiger partial charge in [0.15, 0.2) is 0 Å². The Balaban J connectivity index is 1.88. The van der Waals surface area contributed by atoms with Crippen LogP contribution in [0, 0.1) is 0 Å². The molecule has 0 spiro atoms. The predicted octanol–water partition coefficient (Wildman–Crippen LogP) is 6.23. The third-order valence-electron chi connectivity index (χ3n) is 4.53. The van der Waals surface area contributed by atoms with E-state index in [9.17, 15) is 18.0 Å². The lowest BCUT2D eigenvalue weighted by molar-refractivity contribution is -0.137. The highest BCUT2D eigenvalue weighted by atomic mass is 35.5. The van der Waals surface area contributed by atoms with Gasteiger partial charge >= 0.3 is 6.18 Å². The molecule has 0 aliphatic carbocycles. The maximum atomic E-state index is 13.1. The number of hydrogen-bond donors (Lipinski definition) is 0. The Labute approximate surface area is 174 Å². The van der Waals surface area contributed by atoms with Crippen molar-refractivity contribution in [2.75, 3.05) is 0 Å². The number of rotatable bonds is 3. The highest BCUT2D eigenvalue weighted by molar-refractivity contribution is 6.30. The lowest BCUT2D eigenvalue weighted by atomic mass is 10.1. The molecule has 7 heteroatoms. The maximum Gasteiger partial charge on any atom is 0.416 e. The molecule has 4 aromatic rings. The van der Waals surface area contributed by atoms with Crippen molar-refractivity contribution in [2.45, 2.75) is 6.18 Å². The molecule has 0 aliphatic heterocycles. The van der Waals surface area contributed by atoms with E-state index < -0.39 is 11.7 Å². The average molecular weight is 427 g/mol. The summed E-state index contributed by atoms with van der Waals surface area (Å²) in [5, 5.41) is 0.949. The molecule has 1 heterocycles. The summed E-state index contributed by atoms with van der Waals surface area (Å²) in [5.74, 6) is 0.290. The summed E-state index contributed by atoms with van der Waals surface area (Å²) in [6.45, 7) is 0. The second kappa shape index (κ2) is 7.80. The van der Waals surface area contributed by atoms with Crippen molar-refractivity contribution in [3.63, 3.8) is 0 Å². The first kappa shape index (κ1) is 19.9.